The predicted molar refractivity (Wildman–Crippen MR) is 120 cm³/mol. The molecule has 6 nitrogen and oxygen atoms in total. The summed E-state index contributed by atoms with van der Waals surface area (Å²) in [5.41, 5.74) is 0.801. The number of piperidine rings is 2. The Balaban J connectivity index is 1.36. The van der Waals surface area contributed by atoms with Crippen molar-refractivity contribution >= 4 is 15.9 Å². The standard InChI is InChI=1S/C23H37N3O3S/c1-19-15-20(2)17-25(16-19)12-6-11-24-23(27)22-9-13-26(14-10-22)30(28,29)18-21-7-4-3-5-8-21/h3-5,7-8,19-20,22H,6,9-18H2,1-2H3,(H,24,27)/t19-,20-/m1/s1. The van der Waals surface area contributed by atoms with Crippen LogP contribution in [0.1, 0.15) is 45.1 Å². The predicted octanol–water partition coefficient (Wildman–Crippen LogP) is 2.71. The number of hydrogen-bond donors (Lipinski definition) is 1. The molecular formula is C23H37N3O3S. The molecule has 3 rings (SSSR count). The molecule has 0 bridgehead atoms. The third-order valence-corrected chi connectivity index (χ3v) is 8.15. The summed E-state index contributed by atoms with van der Waals surface area (Å²) in [6.45, 7) is 9.54. The number of likely N-dealkylation sites (tertiary alicyclic amines) is 1. The number of carbonyl (C=O) groups excluding carboxylic acids is 1. The molecule has 1 amide bonds. The van der Waals surface area contributed by atoms with E-state index in [0.29, 0.717) is 32.5 Å². The van der Waals surface area contributed by atoms with Crippen molar-refractivity contribution in [3.8, 4) is 0 Å². The highest BCUT2D eigenvalue weighted by Gasteiger charge is 2.31. The Labute approximate surface area is 182 Å². The summed E-state index contributed by atoms with van der Waals surface area (Å²) < 4.78 is 26.9. The van der Waals surface area contributed by atoms with Crippen LogP contribution in [0.5, 0.6) is 0 Å². The Morgan fingerprint density at radius 3 is 2.33 bits per heavy atom. The van der Waals surface area contributed by atoms with Crippen molar-refractivity contribution in [2.45, 2.75) is 45.3 Å². The summed E-state index contributed by atoms with van der Waals surface area (Å²) in [4.78, 5) is 15.0. The number of carbonyl (C=O) groups is 1. The maximum atomic E-state index is 12.7. The molecule has 2 saturated heterocycles. The van der Waals surface area contributed by atoms with Crippen LogP contribution in [0, 0.1) is 17.8 Å². The molecule has 1 aromatic carbocycles. The van der Waals surface area contributed by atoms with Crippen LogP contribution in [-0.4, -0.2) is 62.8 Å². The second-order valence-electron chi connectivity index (χ2n) is 9.27. The number of amides is 1. The van der Waals surface area contributed by atoms with Crippen molar-refractivity contribution < 1.29 is 13.2 Å². The van der Waals surface area contributed by atoms with Gasteiger partial charge in [0.1, 0.15) is 0 Å². The van der Waals surface area contributed by atoms with Crippen molar-refractivity contribution in [1.82, 2.24) is 14.5 Å². The summed E-state index contributed by atoms with van der Waals surface area (Å²) in [5, 5.41) is 3.07. The maximum absolute atomic E-state index is 12.7. The molecule has 0 radical (unpaired) electrons. The molecule has 168 valence electrons. The number of nitrogens with zero attached hydrogens (tertiary/aromatic N) is 2. The van der Waals surface area contributed by atoms with E-state index in [1.165, 1.54) is 6.42 Å². The molecule has 2 aliphatic heterocycles. The smallest absolute Gasteiger partial charge is 0.223 e. The number of benzene rings is 1. The Morgan fingerprint density at radius 2 is 1.70 bits per heavy atom. The molecule has 0 saturated carbocycles. The first-order valence-corrected chi connectivity index (χ1v) is 13.0. The quantitative estimate of drug-likeness (QED) is 0.638. The SMILES string of the molecule is C[C@@H]1C[C@@H](C)CN(CCCNC(=O)C2CCN(S(=O)(=O)Cc3ccccc3)CC2)C1. The van der Waals surface area contributed by atoms with Crippen molar-refractivity contribution in [1.29, 1.82) is 0 Å². The third-order valence-electron chi connectivity index (χ3n) is 6.30. The van der Waals surface area contributed by atoms with Gasteiger partial charge < -0.3 is 10.2 Å². The summed E-state index contributed by atoms with van der Waals surface area (Å²) in [7, 11) is -3.33. The van der Waals surface area contributed by atoms with Crippen LogP contribution in [0.4, 0.5) is 0 Å². The fourth-order valence-corrected chi connectivity index (χ4v) is 6.47. The molecular weight excluding hydrogens is 398 g/mol. The van der Waals surface area contributed by atoms with E-state index in [0.717, 1.165) is 43.5 Å². The van der Waals surface area contributed by atoms with Gasteiger partial charge in [-0.1, -0.05) is 44.2 Å². The lowest BCUT2D eigenvalue weighted by atomic mass is 9.92. The summed E-state index contributed by atoms with van der Waals surface area (Å²) in [6.07, 6.45) is 3.48. The summed E-state index contributed by atoms with van der Waals surface area (Å²) in [5.74, 6) is 1.54. The van der Waals surface area contributed by atoms with Gasteiger partial charge in [-0.25, -0.2) is 12.7 Å². The van der Waals surface area contributed by atoms with E-state index in [1.54, 1.807) is 4.31 Å². The highest BCUT2D eigenvalue weighted by molar-refractivity contribution is 7.88. The lowest BCUT2D eigenvalue weighted by molar-refractivity contribution is -0.126. The Kier molecular flexibility index (Phi) is 8.31. The molecule has 2 heterocycles. The molecule has 0 unspecified atom stereocenters. The van der Waals surface area contributed by atoms with Crippen LogP contribution in [0.3, 0.4) is 0 Å². The molecule has 0 spiro atoms. The van der Waals surface area contributed by atoms with E-state index in [4.69, 9.17) is 0 Å². The fourth-order valence-electron chi connectivity index (χ4n) is 4.91. The Bertz CT molecular complexity index is 766. The lowest BCUT2D eigenvalue weighted by Gasteiger charge is -2.35. The van der Waals surface area contributed by atoms with E-state index in [9.17, 15) is 13.2 Å². The first-order chi connectivity index (χ1) is 14.3. The van der Waals surface area contributed by atoms with Crippen molar-refractivity contribution in [2.75, 3.05) is 39.3 Å². The lowest BCUT2D eigenvalue weighted by Crippen LogP contribution is -2.44. The topological polar surface area (TPSA) is 69.7 Å². The van der Waals surface area contributed by atoms with Gasteiger partial charge in [-0.15, -0.1) is 0 Å². The average molecular weight is 436 g/mol. The molecule has 2 atom stereocenters. The zero-order valence-electron chi connectivity index (χ0n) is 18.4. The molecule has 2 aliphatic rings. The Morgan fingerprint density at radius 1 is 1.07 bits per heavy atom. The fraction of sp³-hybridized carbons (Fsp3) is 0.696. The van der Waals surface area contributed by atoms with Gasteiger partial charge in [0.15, 0.2) is 0 Å². The Hall–Kier alpha value is -1.44. The van der Waals surface area contributed by atoms with Crippen LogP contribution >= 0.6 is 0 Å². The minimum atomic E-state index is -3.33. The second-order valence-corrected chi connectivity index (χ2v) is 11.2. The van der Waals surface area contributed by atoms with E-state index < -0.39 is 10.0 Å². The number of nitrogens with one attached hydrogen (secondary N) is 1. The van der Waals surface area contributed by atoms with E-state index in [-0.39, 0.29) is 17.6 Å². The van der Waals surface area contributed by atoms with Crippen LogP contribution in [0.15, 0.2) is 30.3 Å². The summed E-state index contributed by atoms with van der Waals surface area (Å²) in [6, 6.07) is 9.27. The highest BCUT2D eigenvalue weighted by atomic mass is 32.2. The molecule has 2 fully saturated rings. The first kappa shape index (κ1) is 23.2. The van der Waals surface area contributed by atoms with E-state index in [1.807, 2.05) is 30.3 Å². The average Bonchev–Trinajstić information content (AvgIpc) is 2.71. The van der Waals surface area contributed by atoms with Crippen LogP contribution < -0.4 is 5.32 Å². The molecule has 0 aromatic heterocycles. The van der Waals surface area contributed by atoms with E-state index >= 15 is 0 Å². The summed E-state index contributed by atoms with van der Waals surface area (Å²) >= 11 is 0. The van der Waals surface area contributed by atoms with E-state index in [2.05, 4.69) is 24.1 Å². The van der Waals surface area contributed by atoms with Crippen molar-refractivity contribution in [3.63, 3.8) is 0 Å². The van der Waals surface area contributed by atoms with Crippen LogP contribution in [-0.2, 0) is 20.6 Å². The minimum Gasteiger partial charge on any atom is -0.356 e. The normalized spacial score (nSPS) is 24.6. The molecule has 7 heteroatoms. The monoisotopic (exact) mass is 435 g/mol. The van der Waals surface area contributed by atoms with Gasteiger partial charge >= 0.3 is 0 Å². The first-order valence-electron chi connectivity index (χ1n) is 11.4. The maximum Gasteiger partial charge on any atom is 0.223 e. The van der Waals surface area contributed by atoms with Gasteiger partial charge in [0.2, 0.25) is 15.9 Å². The van der Waals surface area contributed by atoms with Gasteiger partial charge in [0.05, 0.1) is 5.75 Å². The van der Waals surface area contributed by atoms with Gasteiger partial charge in [-0.3, -0.25) is 4.79 Å². The van der Waals surface area contributed by atoms with Crippen LogP contribution in [0.25, 0.3) is 0 Å². The van der Waals surface area contributed by atoms with Gasteiger partial charge in [-0.05, 0) is 49.6 Å². The largest absolute Gasteiger partial charge is 0.356 e. The van der Waals surface area contributed by atoms with Gasteiger partial charge in [-0.2, -0.15) is 0 Å². The van der Waals surface area contributed by atoms with Gasteiger partial charge in [0.25, 0.3) is 0 Å². The van der Waals surface area contributed by atoms with Crippen LogP contribution in [0.2, 0.25) is 0 Å². The molecule has 30 heavy (non-hydrogen) atoms. The molecule has 1 aromatic rings. The zero-order chi connectivity index (χ0) is 21.6. The number of hydrogen-bond acceptors (Lipinski definition) is 4. The molecule has 1 N–H and O–H groups in total. The highest BCUT2D eigenvalue weighted by Crippen LogP contribution is 2.22. The molecule has 0 aliphatic carbocycles. The minimum absolute atomic E-state index is 0.0262. The van der Waals surface area contributed by atoms with Crippen molar-refractivity contribution in [3.05, 3.63) is 35.9 Å². The number of sulfonamides is 1. The third kappa shape index (κ3) is 6.79. The van der Waals surface area contributed by atoms with Gasteiger partial charge in [0, 0.05) is 38.6 Å². The zero-order valence-corrected chi connectivity index (χ0v) is 19.2. The van der Waals surface area contributed by atoms with Crippen molar-refractivity contribution in [2.24, 2.45) is 17.8 Å². The number of rotatable bonds is 8. The second kappa shape index (κ2) is 10.7.